The number of nitriles is 1. The number of rotatable bonds is 4. The van der Waals surface area contributed by atoms with Gasteiger partial charge in [-0.2, -0.15) is 5.26 Å². The second-order valence-corrected chi connectivity index (χ2v) is 6.82. The molecular formula is C20H19ClN4O3. The number of nitrogens with one attached hydrogen (secondary N) is 1. The van der Waals surface area contributed by atoms with Crippen molar-refractivity contribution in [2.24, 2.45) is 0 Å². The monoisotopic (exact) mass is 398 g/mol. The van der Waals surface area contributed by atoms with Crippen molar-refractivity contribution in [2.75, 3.05) is 31.1 Å². The molecule has 0 bridgehead atoms. The van der Waals surface area contributed by atoms with Gasteiger partial charge in [-0.3, -0.25) is 0 Å². The van der Waals surface area contributed by atoms with E-state index in [4.69, 9.17) is 22.0 Å². The molecule has 1 saturated heterocycles. The van der Waals surface area contributed by atoms with Gasteiger partial charge >= 0.3 is 12.0 Å². The van der Waals surface area contributed by atoms with Crippen molar-refractivity contribution in [3.63, 3.8) is 0 Å². The molecule has 28 heavy (non-hydrogen) atoms. The van der Waals surface area contributed by atoms with Crippen LogP contribution in [-0.4, -0.2) is 48.2 Å². The Morgan fingerprint density at radius 2 is 1.79 bits per heavy atom. The Hall–Kier alpha value is -3.24. The first-order valence-corrected chi connectivity index (χ1v) is 9.15. The van der Waals surface area contributed by atoms with Gasteiger partial charge < -0.3 is 20.2 Å². The average Bonchev–Trinajstić information content (AvgIpc) is 2.72. The summed E-state index contributed by atoms with van der Waals surface area (Å²) in [5.41, 5.74) is 2.43. The van der Waals surface area contributed by atoms with E-state index in [9.17, 15) is 9.59 Å². The number of aromatic carboxylic acids is 1. The first-order valence-electron chi connectivity index (χ1n) is 8.77. The lowest BCUT2D eigenvalue weighted by Gasteiger charge is -2.36. The molecule has 2 aromatic carbocycles. The van der Waals surface area contributed by atoms with Crippen LogP contribution in [-0.2, 0) is 6.54 Å². The van der Waals surface area contributed by atoms with Crippen LogP contribution in [0.25, 0.3) is 0 Å². The Bertz CT molecular complexity index is 916. The van der Waals surface area contributed by atoms with Crippen molar-refractivity contribution in [3.05, 3.63) is 64.2 Å². The number of nitrogens with zero attached hydrogens (tertiary/aromatic N) is 3. The summed E-state index contributed by atoms with van der Waals surface area (Å²) in [6.07, 6.45) is 0. The maximum Gasteiger partial charge on any atom is 0.335 e. The summed E-state index contributed by atoms with van der Waals surface area (Å²) in [5.74, 6) is -0.976. The van der Waals surface area contributed by atoms with Crippen LogP contribution >= 0.6 is 11.6 Å². The van der Waals surface area contributed by atoms with Crippen LogP contribution in [0.3, 0.4) is 0 Å². The summed E-state index contributed by atoms with van der Waals surface area (Å²) in [7, 11) is 0. The Balaban J connectivity index is 1.51. The molecular weight excluding hydrogens is 380 g/mol. The number of carboxylic acids is 1. The van der Waals surface area contributed by atoms with Crippen LogP contribution in [0, 0.1) is 11.3 Å². The first-order chi connectivity index (χ1) is 13.5. The number of carbonyl (C=O) groups excluding carboxylic acids is 1. The minimum atomic E-state index is -0.976. The predicted molar refractivity (Wildman–Crippen MR) is 106 cm³/mol. The number of piperazine rings is 1. The number of amides is 2. The number of carbonyl (C=O) groups is 2. The highest BCUT2D eigenvalue weighted by atomic mass is 35.5. The Labute approximate surface area is 167 Å². The summed E-state index contributed by atoms with van der Waals surface area (Å²) < 4.78 is 0. The summed E-state index contributed by atoms with van der Waals surface area (Å²) >= 11 is 6.27. The smallest absolute Gasteiger partial charge is 0.335 e. The molecule has 2 amide bonds. The summed E-state index contributed by atoms with van der Waals surface area (Å²) in [6, 6.07) is 13.5. The predicted octanol–water partition coefficient (Wildman–Crippen LogP) is 2.94. The number of anilines is 1. The minimum absolute atomic E-state index is 0.159. The van der Waals surface area contributed by atoms with Crippen LogP contribution in [0.1, 0.15) is 21.5 Å². The number of hydrogen-bond acceptors (Lipinski definition) is 4. The van der Waals surface area contributed by atoms with Crippen LogP contribution in [0.15, 0.2) is 42.5 Å². The molecule has 0 atom stereocenters. The van der Waals surface area contributed by atoms with Gasteiger partial charge in [-0.15, -0.1) is 0 Å². The van der Waals surface area contributed by atoms with Crippen molar-refractivity contribution in [3.8, 4) is 6.07 Å². The largest absolute Gasteiger partial charge is 0.478 e. The highest BCUT2D eigenvalue weighted by Crippen LogP contribution is 2.27. The zero-order valence-electron chi connectivity index (χ0n) is 15.1. The third kappa shape index (κ3) is 4.53. The summed E-state index contributed by atoms with van der Waals surface area (Å²) in [4.78, 5) is 27.1. The lowest BCUT2D eigenvalue weighted by atomic mass is 10.1. The maximum atomic E-state index is 12.4. The van der Waals surface area contributed by atoms with E-state index in [1.54, 1.807) is 29.2 Å². The molecule has 0 aliphatic carbocycles. The van der Waals surface area contributed by atoms with E-state index in [-0.39, 0.29) is 11.6 Å². The fourth-order valence-corrected chi connectivity index (χ4v) is 3.34. The molecule has 7 nitrogen and oxygen atoms in total. The van der Waals surface area contributed by atoms with E-state index in [1.165, 1.54) is 12.1 Å². The van der Waals surface area contributed by atoms with Gasteiger partial charge in [-0.1, -0.05) is 23.7 Å². The molecule has 3 rings (SSSR count). The Morgan fingerprint density at radius 1 is 1.11 bits per heavy atom. The molecule has 1 fully saturated rings. The second kappa shape index (κ2) is 8.63. The molecule has 1 heterocycles. The van der Waals surface area contributed by atoms with E-state index < -0.39 is 5.97 Å². The number of hydrogen-bond donors (Lipinski definition) is 2. The van der Waals surface area contributed by atoms with Gasteiger partial charge in [-0.05, 0) is 35.9 Å². The molecule has 0 spiro atoms. The minimum Gasteiger partial charge on any atom is -0.478 e. The fraction of sp³-hybridized carbons (Fsp3) is 0.250. The third-order valence-electron chi connectivity index (χ3n) is 4.63. The molecule has 144 valence electrons. The normalized spacial score (nSPS) is 13.7. The van der Waals surface area contributed by atoms with Crippen LogP contribution < -0.4 is 10.2 Å². The highest BCUT2D eigenvalue weighted by molar-refractivity contribution is 6.33. The van der Waals surface area contributed by atoms with Gasteiger partial charge in [0.05, 0.1) is 27.9 Å². The molecule has 0 aromatic heterocycles. The zero-order valence-corrected chi connectivity index (χ0v) is 15.8. The van der Waals surface area contributed by atoms with Crippen LogP contribution in [0.2, 0.25) is 5.02 Å². The number of halogens is 1. The van der Waals surface area contributed by atoms with Gasteiger partial charge in [0.1, 0.15) is 0 Å². The second-order valence-electron chi connectivity index (χ2n) is 6.41. The SMILES string of the molecule is N#Cc1ccc(N2CCN(C(=O)NCc3ccc(C(=O)O)cc3)CC2)c(Cl)c1. The zero-order chi connectivity index (χ0) is 20.1. The highest BCUT2D eigenvalue weighted by Gasteiger charge is 2.22. The molecule has 0 unspecified atom stereocenters. The van der Waals surface area contributed by atoms with E-state index in [2.05, 4.69) is 16.3 Å². The molecule has 2 aromatic rings. The van der Waals surface area contributed by atoms with Gasteiger partial charge in [0.15, 0.2) is 0 Å². The van der Waals surface area contributed by atoms with E-state index in [0.29, 0.717) is 43.3 Å². The summed E-state index contributed by atoms with van der Waals surface area (Å²) in [6.45, 7) is 2.74. The van der Waals surface area contributed by atoms with E-state index in [0.717, 1.165) is 11.3 Å². The van der Waals surface area contributed by atoms with E-state index in [1.807, 2.05) is 6.07 Å². The van der Waals surface area contributed by atoms with Gasteiger partial charge in [-0.25, -0.2) is 9.59 Å². The van der Waals surface area contributed by atoms with Gasteiger partial charge in [0, 0.05) is 32.7 Å². The number of carboxylic acid groups (broad SMARTS) is 1. The standard InChI is InChI=1S/C20H19ClN4O3/c21-17-11-15(12-22)3-6-18(17)24-7-9-25(10-8-24)20(28)23-13-14-1-4-16(5-2-14)19(26)27/h1-6,11H,7-10,13H2,(H,23,28)(H,26,27). The Morgan fingerprint density at radius 3 is 2.36 bits per heavy atom. The molecule has 2 N–H and O–H groups in total. The van der Waals surface area contributed by atoms with E-state index >= 15 is 0 Å². The maximum absolute atomic E-state index is 12.4. The number of urea groups is 1. The molecule has 1 aliphatic heterocycles. The topological polar surface area (TPSA) is 96.7 Å². The average molecular weight is 399 g/mol. The summed E-state index contributed by atoms with van der Waals surface area (Å²) in [5, 5.41) is 21.2. The third-order valence-corrected chi connectivity index (χ3v) is 4.93. The fourth-order valence-electron chi connectivity index (χ4n) is 3.04. The molecule has 0 radical (unpaired) electrons. The van der Waals surface area contributed by atoms with Crippen molar-refractivity contribution < 1.29 is 14.7 Å². The van der Waals surface area contributed by atoms with Gasteiger partial charge in [0.25, 0.3) is 0 Å². The number of benzene rings is 2. The Kier molecular flexibility index (Phi) is 6.02. The van der Waals surface area contributed by atoms with Crippen LogP contribution in [0.4, 0.5) is 10.5 Å². The quantitative estimate of drug-likeness (QED) is 0.825. The van der Waals surface area contributed by atoms with Crippen LogP contribution in [0.5, 0.6) is 0 Å². The lowest BCUT2D eigenvalue weighted by molar-refractivity contribution is 0.0697. The first kappa shape index (κ1) is 19.5. The van der Waals surface area contributed by atoms with Gasteiger partial charge in [0.2, 0.25) is 0 Å². The van der Waals surface area contributed by atoms with Crippen molar-refractivity contribution in [1.29, 1.82) is 5.26 Å². The molecule has 8 heteroatoms. The lowest BCUT2D eigenvalue weighted by Crippen LogP contribution is -2.51. The molecule has 1 aliphatic rings. The van der Waals surface area contributed by atoms with Crippen molar-refractivity contribution >= 4 is 29.3 Å². The van der Waals surface area contributed by atoms with Crippen molar-refractivity contribution in [2.45, 2.75) is 6.54 Å². The molecule has 0 saturated carbocycles. The van der Waals surface area contributed by atoms with Crippen molar-refractivity contribution in [1.82, 2.24) is 10.2 Å².